The van der Waals surface area contributed by atoms with Crippen LogP contribution in [0, 0.1) is 6.92 Å². The van der Waals surface area contributed by atoms with Gasteiger partial charge in [0.1, 0.15) is 0 Å². The summed E-state index contributed by atoms with van der Waals surface area (Å²) in [6, 6.07) is 47.7. The fourth-order valence-corrected chi connectivity index (χ4v) is 14.4. The maximum Gasteiger partial charge on any atom is 0.193 e. The molecule has 3 heteroatoms. The molecule has 325 valence electrons. The maximum absolute atomic E-state index is 4.25. The first-order valence-electron chi connectivity index (χ1n) is 24.6. The smallest absolute Gasteiger partial charge is 0.193 e. The Morgan fingerprint density at radius 1 is 0.530 bits per heavy atom. The van der Waals surface area contributed by atoms with Crippen LogP contribution in [0.2, 0.25) is 0 Å². The Morgan fingerprint density at radius 3 is 1.89 bits per heavy atom. The summed E-state index contributed by atoms with van der Waals surface area (Å²) in [6.45, 7) is 22.0. The van der Waals surface area contributed by atoms with Crippen LogP contribution < -0.4 is 16.2 Å². The number of fused-ring (bicyclic) bond motifs is 12. The van der Waals surface area contributed by atoms with Crippen LogP contribution in [-0.4, -0.2) is 7.28 Å². The Balaban J connectivity index is 1.11. The minimum atomic E-state index is 0.0978. The first kappa shape index (κ1) is 40.6. The zero-order valence-electron chi connectivity index (χ0n) is 40.1. The molecule has 9 aromatic rings. The van der Waals surface area contributed by atoms with Gasteiger partial charge in [0.15, 0.2) is 7.28 Å². The number of hydrogen-bond donors (Lipinski definition) is 1. The first-order chi connectivity index (χ1) is 31.6. The summed E-state index contributed by atoms with van der Waals surface area (Å²) >= 11 is 1.98. The fourth-order valence-electron chi connectivity index (χ4n) is 13.3. The first-order valence-corrected chi connectivity index (χ1v) is 25.4. The van der Waals surface area contributed by atoms with Gasteiger partial charge in [-0.2, -0.15) is 0 Å². The van der Waals surface area contributed by atoms with E-state index in [1.165, 1.54) is 156 Å². The van der Waals surface area contributed by atoms with E-state index >= 15 is 0 Å². The summed E-state index contributed by atoms with van der Waals surface area (Å²) in [4.78, 5) is 0. The van der Waals surface area contributed by atoms with E-state index in [4.69, 9.17) is 0 Å². The molecule has 3 aliphatic carbocycles. The van der Waals surface area contributed by atoms with Crippen LogP contribution in [0.4, 0.5) is 11.4 Å². The van der Waals surface area contributed by atoms with Crippen LogP contribution in [0.3, 0.4) is 0 Å². The molecule has 1 atom stereocenters. The largest absolute Gasteiger partial charge is 0.355 e. The van der Waals surface area contributed by atoms with Crippen molar-refractivity contribution in [3.8, 4) is 22.3 Å². The lowest BCUT2D eigenvalue weighted by atomic mass is 9.50. The highest BCUT2D eigenvalue weighted by molar-refractivity contribution is 7.26. The van der Waals surface area contributed by atoms with Gasteiger partial charge in [-0.15, -0.1) is 11.3 Å². The molecule has 4 aliphatic rings. The number of rotatable bonds is 3. The van der Waals surface area contributed by atoms with Gasteiger partial charge in [-0.25, -0.2) is 0 Å². The molecule has 66 heavy (non-hydrogen) atoms. The van der Waals surface area contributed by atoms with E-state index < -0.39 is 0 Å². The average Bonchev–Trinajstić information content (AvgIpc) is 3.67. The standard InChI is InChI=1S/C63H59BNS/c1-35-29-45-47(62(6,7)27-25-60(45,2)3)33-51(35)65-50-23-24-52-56(44-32-46-48(34-53(44)66-52)63(8,9)28-26-61(46,4)5)58(50)57-40-18-13-11-16-37(40)30-43-42-31-38-22-21-36-15-10-12-17-39(36)54(38)41-19-14-20-49(55(41)42)64-59(43)57/h10-24,29-30,32-34,42,65H,25-28,31H2,1-9H3. The quantitative estimate of drug-likeness (QED) is 0.174. The number of hydrogen-bond acceptors (Lipinski definition) is 2. The zero-order valence-corrected chi connectivity index (χ0v) is 41.0. The van der Waals surface area contributed by atoms with Crippen molar-refractivity contribution in [1.82, 2.24) is 0 Å². The van der Waals surface area contributed by atoms with Crippen molar-refractivity contribution in [2.75, 3.05) is 5.32 Å². The van der Waals surface area contributed by atoms with Gasteiger partial charge in [-0.05, 0) is 174 Å². The normalized spacial score (nSPS) is 19.1. The van der Waals surface area contributed by atoms with E-state index in [9.17, 15) is 0 Å². The van der Waals surface area contributed by atoms with Crippen LogP contribution >= 0.6 is 11.3 Å². The predicted molar refractivity (Wildman–Crippen MR) is 287 cm³/mol. The van der Waals surface area contributed by atoms with E-state index in [-0.39, 0.29) is 27.6 Å². The van der Waals surface area contributed by atoms with E-state index in [0.29, 0.717) is 0 Å². The Kier molecular flexibility index (Phi) is 8.45. The molecule has 8 aromatic carbocycles. The SMILES string of the molecule is Cc1cc2c(cc1Nc1ccc3sc4cc5c(cc4c3c1-c1c3c(cc4ccccc14)C1Cc4ccc6ccccc6c4-c4cccc(c41)[B]3)C(C)(C)CCC5(C)C)C(C)(C)CCC2(C)C. The lowest BCUT2D eigenvalue weighted by Gasteiger charge is -2.42. The molecule has 1 aromatic heterocycles. The second-order valence-corrected chi connectivity index (χ2v) is 24.3. The fraction of sp³-hybridized carbons (Fsp3) is 0.302. The van der Waals surface area contributed by atoms with Crippen molar-refractivity contribution in [1.29, 1.82) is 0 Å². The van der Waals surface area contributed by atoms with Crippen molar-refractivity contribution in [3.63, 3.8) is 0 Å². The van der Waals surface area contributed by atoms with Crippen molar-refractivity contribution in [2.24, 2.45) is 0 Å². The van der Waals surface area contributed by atoms with Gasteiger partial charge in [-0.1, -0.05) is 157 Å². The summed E-state index contributed by atoms with van der Waals surface area (Å²) in [5, 5.41) is 12.3. The second kappa shape index (κ2) is 13.7. The number of aryl methyl sites for hydroxylation is 1. The molecule has 1 N–H and O–H groups in total. The second-order valence-electron chi connectivity index (χ2n) is 23.2. The van der Waals surface area contributed by atoms with Crippen molar-refractivity contribution < 1.29 is 0 Å². The summed E-state index contributed by atoms with van der Waals surface area (Å²) in [5.41, 5.74) is 22.8. The molecule has 13 rings (SSSR count). The molecule has 1 unspecified atom stereocenters. The molecule has 1 radical (unpaired) electrons. The van der Waals surface area contributed by atoms with E-state index in [1.54, 1.807) is 0 Å². The van der Waals surface area contributed by atoms with Gasteiger partial charge in [0.25, 0.3) is 0 Å². The molecule has 0 spiro atoms. The number of nitrogens with one attached hydrogen (secondary N) is 1. The Morgan fingerprint density at radius 2 is 1.17 bits per heavy atom. The van der Waals surface area contributed by atoms with E-state index in [2.05, 4.69) is 196 Å². The summed E-state index contributed by atoms with van der Waals surface area (Å²) in [6.07, 6.45) is 5.78. The third-order valence-corrected chi connectivity index (χ3v) is 18.4. The predicted octanol–water partition coefficient (Wildman–Crippen LogP) is 16.1. The lowest BCUT2D eigenvalue weighted by Crippen LogP contribution is -2.42. The maximum atomic E-state index is 4.25. The van der Waals surface area contributed by atoms with E-state index in [0.717, 1.165) is 6.42 Å². The average molecular weight is 873 g/mol. The summed E-state index contributed by atoms with van der Waals surface area (Å²) < 4.78 is 2.75. The molecule has 0 bridgehead atoms. The molecule has 1 aliphatic heterocycles. The van der Waals surface area contributed by atoms with Gasteiger partial charge in [0, 0.05) is 43.0 Å². The van der Waals surface area contributed by atoms with Crippen LogP contribution in [-0.2, 0) is 28.1 Å². The monoisotopic (exact) mass is 872 g/mol. The number of anilines is 2. The van der Waals surface area contributed by atoms with Crippen LogP contribution in [0.15, 0.2) is 121 Å². The minimum Gasteiger partial charge on any atom is -0.355 e. The summed E-state index contributed by atoms with van der Waals surface area (Å²) in [7, 11) is 2.57. The Labute approximate surface area is 395 Å². The van der Waals surface area contributed by atoms with Crippen LogP contribution in [0.5, 0.6) is 0 Å². The van der Waals surface area contributed by atoms with Gasteiger partial charge in [0.2, 0.25) is 0 Å². The van der Waals surface area contributed by atoms with Crippen molar-refractivity contribution in [2.45, 2.75) is 122 Å². The minimum absolute atomic E-state index is 0.0978. The van der Waals surface area contributed by atoms with Gasteiger partial charge in [-0.3, -0.25) is 0 Å². The molecule has 0 amide bonds. The number of benzene rings is 8. The lowest BCUT2D eigenvalue weighted by molar-refractivity contribution is 0.332. The molecular weight excluding hydrogens is 814 g/mol. The van der Waals surface area contributed by atoms with Crippen LogP contribution in [0.25, 0.3) is 64.0 Å². The highest BCUT2D eigenvalue weighted by Crippen LogP contribution is 2.54. The third-order valence-electron chi connectivity index (χ3n) is 17.3. The summed E-state index contributed by atoms with van der Waals surface area (Å²) in [5.74, 6) is 0.242. The van der Waals surface area contributed by atoms with Gasteiger partial charge < -0.3 is 5.32 Å². The van der Waals surface area contributed by atoms with Gasteiger partial charge >= 0.3 is 0 Å². The van der Waals surface area contributed by atoms with Crippen LogP contribution in [0.1, 0.15) is 131 Å². The molecule has 1 nitrogen and oxygen atoms in total. The van der Waals surface area contributed by atoms with Crippen molar-refractivity contribution >= 4 is 82.6 Å². The van der Waals surface area contributed by atoms with E-state index in [1.807, 2.05) is 11.3 Å². The molecule has 0 fully saturated rings. The number of thiophene rings is 1. The Bertz CT molecular complexity index is 3590. The highest BCUT2D eigenvalue weighted by atomic mass is 32.1. The van der Waals surface area contributed by atoms with Crippen molar-refractivity contribution in [3.05, 3.63) is 166 Å². The van der Waals surface area contributed by atoms with Gasteiger partial charge in [0.05, 0.1) is 0 Å². The molecular formula is C63H59BNS. The molecule has 0 saturated heterocycles. The highest BCUT2D eigenvalue weighted by Gasteiger charge is 2.41. The molecule has 0 saturated carbocycles. The zero-order chi connectivity index (χ0) is 45.2. The third kappa shape index (κ3) is 5.78. The topological polar surface area (TPSA) is 12.0 Å². The Hall–Kier alpha value is -5.64. The molecule has 2 heterocycles.